The summed E-state index contributed by atoms with van der Waals surface area (Å²) in [5.41, 5.74) is 1.79. The topological polar surface area (TPSA) is 69.4 Å². The Morgan fingerprint density at radius 3 is 2.48 bits per heavy atom. The molecule has 0 unspecified atom stereocenters. The van der Waals surface area contributed by atoms with Crippen LogP contribution < -0.4 is 4.74 Å². The van der Waals surface area contributed by atoms with Crippen molar-refractivity contribution in [3.05, 3.63) is 63.2 Å². The minimum Gasteiger partial charge on any atom is -0.457 e. The number of nitrogens with zero attached hydrogens (tertiary/aromatic N) is 1. The van der Waals surface area contributed by atoms with Gasteiger partial charge in [-0.05, 0) is 50.1 Å². The summed E-state index contributed by atoms with van der Waals surface area (Å²) in [5.74, 6) is 0.625. The van der Waals surface area contributed by atoms with E-state index in [1.165, 1.54) is 19.1 Å². The largest absolute Gasteiger partial charge is 0.457 e. The van der Waals surface area contributed by atoms with Gasteiger partial charge in [0, 0.05) is 0 Å². The van der Waals surface area contributed by atoms with Crippen molar-refractivity contribution >= 4 is 11.5 Å². The molecule has 0 atom stereocenters. The Kier molecular flexibility index (Phi) is 4.03. The molecule has 2 rings (SSSR count). The maximum absolute atomic E-state index is 11.4. The fourth-order valence-corrected chi connectivity index (χ4v) is 1.97. The molecule has 5 nitrogen and oxygen atoms in total. The minimum atomic E-state index is -0.577. The quantitative estimate of drug-likeness (QED) is 0.479. The summed E-state index contributed by atoms with van der Waals surface area (Å²) in [6.07, 6.45) is 0. The number of ketones is 1. The van der Waals surface area contributed by atoms with E-state index in [-0.39, 0.29) is 17.0 Å². The predicted molar refractivity (Wildman–Crippen MR) is 79.1 cm³/mol. The van der Waals surface area contributed by atoms with Gasteiger partial charge < -0.3 is 4.74 Å². The van der Waals surface area contributed by atoms with Crippen LogP contribution in [0.3, 0.4) is 0 Å². The van der Waals surface area contributed by atoms with Gasteiger partial charge in [0.1, 0.15) is 11.5 Å². The lowest BCUT2D eigenvalue weighted by atomic mass is 10.1. The van der Waals surface area contributed by atoms with Crippen LogP contribution in [-0.4, -0.2) is 10.7 Å². The molecule has 2 aromatic carbocycles. The van der Waals surface area contributed by atoms with Gasteiger partial charge in [-0.2, -0.15) is 0 Å². The average molecular weight is 285 g/mol. The van der Waals surface area contributed by atoms with Crippen LogP contribution in [0.15, 0.2) is 36.4 Å². The fourth-order valence-electron chi connectivity index (χ4n) is 1.97. The minimum absolute atomic E-state index is 0.0771. The number of hydrogen-bond donors (Lipinski definition) is 0. The van der Waals surface area contributed by atoms with Crippen LogP contribution in [-0.2, 0) is 0 Å². The van der Waals surface area contributed by atoms with E-state index >= 15 is 0 Å². The van der Waals surface area contributed by atoms with Gasteiger partial charge in [-0.15, -0.1) is 0 Å². The van der Waals surface area contributed by atoms with Crippen molar-refractivity contribution in [2.45, 2.75) is 20.8 Å². The third kappa shape index (κ3) is 3.25. The van der Waals surface area contributed by atoms with Gasteiger partial charge in [0.25, 0.3) is 5.69 Å². The first-order chi connectivity index (χ1) is 9.88. The third-order valence-corrected chi connectivity index (χ3v) is 3.12. The molecule has 0 N–H and O–H groups in total. The lowest BCUT2D eigenvalue weighted by Gasteiger charge is -2.10. The lowest BCUT2D eigenvalue weighted by Crippen LogP contribution is -2.00. The summed E-state index contributed by atoms with van der Waals surface area (Å²) in [5, 5.41) is 11.0. The summed E-state index contributed by atoms with van der Waals surface area (Å²) in [6.45, 7) is 5.13. The van der Waals surface area contributed by atoms with Crippen molar-refractivity contribution in [3.8, 4) is 11.5 Å². The first kappa shape index (κ1) is 14.7. The maximum Gasteiger partial charge on any atom is 0.283 e. The van der Waals surface area contributed by atoms with Crippen molar-refractivity contribution < 1.29 is 14.5 Å². The van der Waals surface area contributed by atoms with Gasteiger partial charge in [-0.3, -0.25) is 14.9 Å². The van der Waals surface area contributed by atoms with E-state index in [2.05, 4.69) is 0 Å². The van der Waals surface area contributed by atoms with Crippen LogP contribution in [0, 0.1) is 24.0 Å². The Balaban J connectivity index is 2.41. The van der Waals surface area contributed by atoms with E-state index in [9.17, 15) is 14.9 Å². The lowest BCUT2D eigenvalue weighted by molar-refractivity contribution is -0.385. The molecular formula is C16H15NO4. The van der Waals surface area contributed by atoms with Crippen molar-refractivity contribution in [1.29, 1.82) is 0 Å². The highest BCUT2D eigenvalue weighted by molar-refractivity contribution is 5.98. The molecule has 108 valence electrons. The predicted octanol–water partition coefficient (Wildman–Crippen LogP) is 4.21. The normalized spacial score (nSPS) is 10.2. The Morgan fingerprint density at radius 1 is 1.14 bits per heavy atom. The van der Waals surface area contributed by atoms with E-state index in [4.69, 9.17) is 4.74 Å². The summed E-state index contributed by atoms with van der Waals surface area (Å²) in [6, 6.07) is 10.00. The number of nitro benzene ring substituents is 1. The molecule has 0 heterocycles. The van der Waals surface area contributed by atoms with Crippen molar-refractivity contribution in [2.75, 3.05) is 0 Å². The highest BCUT2D eigenvalue weighted by Crippen LogP contribution is 2.30. The second kappa shape index (κ2) is 5.75. The van der Waals surface area contributed by atoms with Gasteiger partial charge >= 0.3 is 0 Å². The number of carbonyl (C=O) groups is 1. The number of ether oxygens (including phenoxy) is 1. The number of Topliss-reactive ketones (excluding diaryl/α,β-unsaturated/α-hetero) is 1. The van der Waals surface area contributed by atoms with Crippen LogP contribution in [0.1, 0.15) is 28.4 Å². The summed E-state index contributed by atoms with van der Waals surface area (Å²) in [4.78, 5) is 21.9. The summed E-state index contributed by atoms with van der Waals surface area (Å²) < 4.78 is 5.70. The molecule has 0 aliphatic rings. The fraction of sp³-hybridized carbons (Fsp3) is 0.188. The van der Waals surface area contributed by atoms with Crippen LogP contribution in [0.2, 0.25) is 0 Å². The number of benzene rings is 2. The Labute approximate surface area is 122 Å². The van der Waals surface area contributed by atoms with E-state index in [1.54, 1.807) is 6.07 Å². The van der Waals surface area contributed by atoms with Gasteiger partial charge in [-0.25, -0.2) is 0 Å². The third-order valence-electron chi connectivity index (χ3n) is 3.12. The average Bonchev–Trinajstić information content (AvgIpc) is 2.42. The standard InChI is InChI=1S/C16H15NO4/c1-10-4-5-11(2)16(8-10)21-13-6-7-14(12(3)18)15(9-13)17(19)20/h4-9H,1-3H3. The number of hydrogen-bond acceptors (Lipinski definition) is 4. The van der Waals surface area contributed by atoms with Crippen LogP contribution in [0.4, 0.5) is 5.69 Å². The molecule has 0 radical (unpaired) electrons. The van der Waals surface area contributed by atoms with Crippen molar-refractivity contribution in [1.82, 2.24) is 0 Å². The molecular weight excluding hydrogens is 270 g/mol. The molecule has 0 fully saturated rings. The number of aryl methyl sites for hydroxylation is 2. The zero-order valence-corrected chi connectivity index (χ0v) is 12.0. The molecule has 0 aromatic heterocycles. The molecule has 0 aliphatic carbocycles. The second-order valence-corrected chi connectivity index (χ2v) is 4.86. The number of nitro groups is 1. The summed E-state index contributed by atoms with van der Waals surface area (Å²) >= 11 is 0. The Morgan fingerprint density at radius 2 is 1.86 bits per heavy atom. The smallest absolute Gasteiger partial charge is 0.283 e. The molecule has 0 aliphatic heterocycles. The highest BCUT2D eigenvalue weighted by atomic mass is 16.6. The monoisotopic (exact) mass is 285 g/mol. The van der Waals surface area contributed by atoms with E-state index in [0.29, 0.717) is 11.5 Å². The molecule has 0 saturated carbocycles. The summed E-state index contributed by atoms with van der Waals surface area (Å²) in [7, 11) is 0. The number of carbonyl (C=O) groups excluding carboxylic acids is 1. The second-order valence-electron chi connectivity index (χ2n) is 4.86. The van der Waals surface area contributed by atoms with Gasteiger partial charge in [-0.1, -0.05) is 12.1 Å². The molecule has 2 aromatic rings. The zero-order valence-electron chi connectivity index (χ0n) is 12.0. The molecule has 21 heavy (non-hydrogen) atoms. The maximum atomic E-state index is 11.4. The van der Waals surface area contributed by atoms with E-state index in [1.807, 2.05) is 32.0 Å². The van der Waals surface area contributed by atoms with Crippen molar-refractivity contribution in [3.63, 3.8) is 0 Å². The zero-order chi connectivity index (χ0) is 15.6. The van der Waals surface area contributed by atoms with Crippen molar-refractivity contribution in [2.24, 2.45) is 0 Å². The number of rotatable bonds is 4. The van der Waals surface area contributed by atoms with Crippen LogP contribution in [0.25, 0.3) is 0 Å². The first-order valence-corrected chi connectivity index (χ1v) is 6.43. The van der Waals surface area contributed by atoms with Gasteiger partial charge in [0.2, 0.25) is 0 Å². The molecule has 5 heteroatoms. The molecule has 0 saturated heterocycles. The van der Waals surface area contributed by atoms with Crippen LogP contribution in [0.5, 0.6) is 11.5 Å². The first-order valence-electron chi connectivity index (χ1n) is 6.43. The Bertz CT molecular complexity index is 722. The highest BCUT2D eigenvalue weighted by Gasteiger charge is 2.18. The van der Waals surface area contributed by atoms with E-state index in [0.717, 1.165) is 11.1 Å². The van der Waals surface area contributed by atoms with Crippen LogP contribution >= 0.6 is 0 Å². The van der Waals surface area contributed by atoms with E-state index < -0.39 is 4.92 Å². The van der Waals surface area contributed by atoms with Gasteiger partial charge in [0.15, 0.2) is 5.78 Å². The SMILES string of the molecule is CC(=O)c1ccc(Oc2cc(C)ccc2C)cc1[N+](=O)[O-]. The van der Waals surface area contributed by atoms with Gasteiger partial charge in [0.05, 0.1) is 16.6 Å². The molecule has 0 amide bonds. The molecule has 0 bridgehead atoms. The Hall–Kier alpha value is -2.69. The molecule has 0 spiro atoms.